The first-order valence-corrected chi connectivity index (χ1v) is 11.7. The molecule has 10 nitrogen and oxygen atoms in total. The van der Waals surface area contributed by atoms with E-state index in [0.717, 1.165) is 19.3 Å². The first-order valence-electron chi connectivity index (χ1n) is 9.81. The molecule has 1 amide bonds. The molecule has 32 heavy (non-hydrogen) atoms. The fourth-order valence-electron chi connectivity index (χ4n) is 2.56. The number of amides is 1. The van der Waals surface area contributed by atoms with E-state index in [1.54, 1.807) is 4.90 Å². The number of carbonyl (C=O) groups is 1. The standard InChI is InChI=1S/C20H27IN8O2S/c1-29(2)20(32)31-13-8-6-12(7-9-13)5-3-4-10-25-19(24)28-18(30)15-17(23)27-16(22)14(11-21)26-15/h6-9H,3-5,10-11H2,1-2H3,(H4,22,23,27)(H3,24,25,28,30). The Bertz CT molecular complexity index is 969. The number of guanidine groups is 1. The van der Waals surface area contributed by atoms with E-state index in [9.17, 15) is 4.79 Å². The van der Waals surface area contributed by atoms with E-state index in [2.05, 4.69) is 43.2 Å². The van der Waals surface area contributed by atoms with Gasteiger partial charge in [0, 0.05) is 25.1 Å². The van der Waals surface area contributed by atoms with Gasteiger partial charge in [0.25, 0.3) is 11.1 Å². The maximum Gasteiger partial charge on any atom is 0.280 e. The van der Waals surface area contributed by atoms with E-state index in [4.69, 9.17) is 33.8 Å². The summed E-state index contributed by atoms with van der Waals surface area (Å²) in [6.45, 7) is 0.541. The Labute approximate surface area is 206 Å². The predicted octanol–water partition coefficient (Wildman–Crippen LogP) is 2.08. The first kappa shape index (κ1) is 25.5. The van der Waals surface area contributed by atoms with Gasteiger partial charge in [0.1, 0.15) is 11.6 Å². The maximum absolute atomic E-state index is 12.3. The SMILES string of the molecule is CN(C)C(=S)Oc1ccc(CCCCNC(=N)NC(=O)c2nc(CI)c(N)nc2N)cc1. The van der Waals surface area contributed by atoms with Crippen LogP contribution in [-0.4, -0.2) is 52.5 Å². The van der Waals surface area contributed by atoms with Crippen LogP contribution in [0.1, 0.15) is 34.6 Å². The van der Waals surface area contributed by atoms with E-state index in [1.807, 2.05) is 38.4 Å². The molecule has 0 spiro atoms. The van der Waals surface area contributed by atoms with E-state index in [-0.39, 0.29) is 23.3 Å². The van der Waals surface area contributed by atoms with Crippen molar-refractivity contribution in [1.29, 1.82) is 5.41 Å². The molecule has 0 atom stereocenters. The maximum atomic E-state index is 12.3. The molecule has 0 aliphatic heterocycles. The summed E-state index contributed by atoms with van der Waals surface area (Å²) in [5.74, 6) is 0.106. The lowest BCUT2D eigenvalue weighted by Gasteiger charge is -2.14. The van der Waals surface area contributed by atoms with Gasteiger partial charge in [-0.2, -0.15) is 0 Å². The number of carbonyl (C=O) groups excluding carboxylic acids is 1. The summed E-state index contributed by atoms with van der Waals surface area (Å²) < 4.78 is 6.05. The minimum atomic E-state index is -0.602. The summed E-state index contributed by atoms with van der Waals surface area (Å²) in [7, 11) is 3.67. The third-order valence-corrected chi connectivity index (χ3v) is 5.46. The van der Waals surface area contributed by atoms with Gasteiger partial charge in [-0.15, -0.1) is 0 Å². The molecule has 1 heterocycles. The van der Waals surface area contributed by atoms with Crippen LogP contribution in [0.4, 0.5) is 11.6 Å². The quantitative estimate of drug-likeness (QED) is 0.0801. The molecule has 2 rings (SSSR count). The van der Waals surface area contributed by atoms with Crippen LogP contribution in [0, 0.1) is 5.41 Å². The molecule has 7 N–H and O–H groups in total. The number of nitrogens with one attached hydrogen (secondary N) is 3. The van der Waals surface area contributed by atoms with Crippen molar-refractivity contribution in [3.8, 4) is 5.75 Å². The molecule has 0 fully saturated rings. The van der Waals surface area contributed by atoms with Gasteiger partial charge in [-0.3, -0.25) is 15.5 Å². The van der Waals surface area contributed by atoms with Crippen LogP contribution in [0.3, 0.4) is 0 Å². The molecule has 2 aromatic rings. The smallest absolute Gasteiger partial charge is 0.280 e. The van der Waals surface area contributed by atoms with Gasteiger partial charge >= 0.3 is 0 Å². The summed E-state index contributed by atoms with van der Waals surface area (Å²) in [5.41, 5.74) is 13.1. The van der Waals surface area contributed by atoms with Crippen LogP contribution in [-0.2, 0) is 10.8 Å². The van der Waals surface area contributed by atoms with E-state index < -0.39 is 5.91 Å². The highest BCUT2D eigenvalue weighted by atomic mass is 127. The Morgan fingerprint density at radius 1 is 1.19 bits per heavy atom. The molecule has 0 saturated carbocycles. The van der Waals surface area contributed by atoms with Crippen LogP contribution < -0.4 is 26.8 Å². The zero-order valence-corrected chi connectivity index (χ0v) is 20.9. The zero-order valence-electron chi connectivity index (χ0n) is 17.9. The van der Waals surface area contributed by atoms with Crippen molar-refractivity contribution >= 4 is 63.5 Å². The number of aromatic nitrogens is 2. The molecule has 0 bridgehead atoms. The topological polar surface area (TPSA) is 155 Å². The first-order chi connectivity index (χ1) is 15.2. The lowest BCUT2D eigenvalue weighted by Crippen LogP contribution is -2.41. The Hall–Kier alpha value is -2.74. The number of ether oxygens (including phenoxy) is 1. The number of unbranched alkanes of at least 4 members (excludes halogenated alkanes) is 1. The van der Waals surface area contributed by atoms with E-state index in [0.29, 0.717) is 27.6 Å². The van der Waals surface area contributed by atoms with Gasteiger partial charge in [0.05, 0.1) is 5.69 Å². The van der Waals surface area contributed by atoms with Gasteiger partial charge in [0.2, 0.25) is 0 Å². The fourth-order valence-corrected chi connectivity index (χ4v) is 3.22. The van der Waals surface area contributed by atoms with Crippen molar-refractivity contribution in [2.45, 2.75) is 23.7 Å². The Morgan fingerprint density at radius 2 is 1.88 bits per heavy atom. The normalized spacial score (nSPS) is 10.3. The molecule has 0 aliphatic carbocycles. The third-order valence-electron chi connectivity index (χ3n) is 4.29. The van der Waals surface area contributed by atoms with Gasteiger partial charge in [0.15, 0.2) is 17.5 Å². The molecular formula is C20H27IN8O2S. The second-order valence-corrected chi connectivity index (χ2v) is 8.15. The van der Waals surface area contributed by atoms with Gasteiger partial charge in [-0.05, 0) is 49.2 Å². The van der Waals surface area contributed by atoms with Crippen molar-refractivity contribution in [1.82, 2.24) is 25.5 Å². The Kier molecular flexibility index (Phi) is 9.84. The lowest BCUT2D eigenvalue weighted by molar-refractivity contribution is 0.0971. The highest BCUT2D eigenvalue weighted by molar-refractivity contribution is 14.1. The van der Waals surface area contributed by atoms with Crippen molar-refractivity contribution in [2.24, 2.45) is 0 Å². The van der Waals surface area contributed by atoms with Crippen molar-refractivity contribution in [2.75, 3.05) is 32.1 Å². The second kappa shape index (κ2) is 12.3. The number of nitrogen functional groups attached to an aromatic ring is 2. The Morgan fingerprint density at radius 3 is 2.50 bits per heavy atom. The molecule has 0 saturated heterocycles. The fraction of sp³-hybridized carbons (Fsp3) is 0.350. The average Bonchev–Trinajstić information content (AvgIpc) is 2.74. The molecule has 0 aliphatic rings. The summed E-state index contributed by atoms with van der Waals surface area (Å²) in [6, 6.07) is 7.80. The minimum Gasteiger partial charge on any atom is -0.432 e. The molecule has 0 radical (unpaired) electrons. The number of thiocarbonyl (C=S) groups is 1. The highest BCUT2D eigenvalue weighted by Gasteiger charge is 2.17. The number of benzene rings is 1. The number of hydrogen-bond donors (Lipinski definition) is 5. The van der Waals surface area contributed by atoms with Gasteiger partial charge < -0.3 is 26.4 Å². The van der Waals surface area contributed by atoms with Gasteiger partial charge in [-0.1, -0.05) is 34.7 Å². The molecule has 1 aromatic carbocycles. The monoisotopic (exact) mass is 570 g/mol. The number of anilines is 2. The number of nitrogens with zero attached hydrogens (tertiary/aromatic N) is 3. The van der Waals surface area contributed by atoms with Crippen LogP contribution >= 0.6 is 34.8 Å². The van der Waals surface area contributed by atoms with Gasteiger partial charge in [-0.25, -0.2) is 9.97 Å². The zero-order chi connectivity index (χ0) is 23.7. The minimum absolute atomic E-state index is 0.0452. The number of halogens is 1. The van der Waals surface area contributed by atoms with Crippen molar-refractivity contribution in [3.63, 3.8) is 0 Å². The van der Waals surface area contributed by atoms with Crippen molar-refractivity contribution < 1.29 is 9.53 Å². The second-order valence-electron chi connectivity index (χ2n) is 7.04. The summed E-state index contributed by atoms with van der Waals surface area (Å²) >= 11 is 7.20. The predicted molar refractivity (Wildman–Crippen MR) is 138 cm³/mol. The van der Waals surface area contributed by atoms with Crippen LogP contribution in [0.25, 0.3) is 0 Å². The lowest BCUT2D eigenvalue weighted by atomic mass is 10.1. The number of alkyl halides is 1. The summed E-state index contributed by atoms with van der Waals surface area (Å²) in [4.78, 5) is 22.1. The summed E-state index contributed by atoms with van der Waals surface area (Å²) in [5, 5.41) is 13.6. The molecule has 1 aromatic heterocycles. The third kappa shape index (κ3) is 7.75. The number of aryl methyl sites for hydroxylation is 1. The van der Waals surface area contributed by atoms with Crippen molar-refractivity contribution in [3.05, 3.63) is 41.2 Å². The van der Waals surface area contributed by atoms with Crippen LogP contribution in [0.15, 0.2) is 24.3 Å². The average molecular weight is 570 g/mol. The van der Waals surface area contributed by atoms with E-state index >= 15 is 0 Å². The summed E-state index contributed by atoms with van der Waals surface area (Å²) in [6.07, 6.45) is 2.63. The molecule has 12 heteroatoms. The van der Waals surface area contributed by atoms with Crippen LogP contribution in [0.2, 0.25) is 0 Å². The van der Waals surface area contributed by atoms with E-state index in [1.165, 1.54) is 5.56 Å². The highest BCUT2D eigenvalue weighted by Crippen LogP contribution is 2.16. The number of rotatable bonds is 8. The van der Waals surface area contributed by atoms with Crippen LogP contribution in [0.5, 0.6) is 5.75 Å². The molecule has 172 valence electrons. The molecule has 0 unspecified atom stereocenters. The number of nitrogens with two attached hydrogens (primary N) is 2. The largest absolute Gasteiger partial charge is 0.432 e. The molecular weight excluding hydrogens is 543 g/mol. The number of hydrogen-bond acceptors (Lipinski definition) is 8. The Balaban J connectivity index is 1.71.